The fourth-order valence-corrected chi connectivity index (χ4v) is 2.14. The van der Waals surface area contributed by atoms with Crippen molar-refractivity contribution in [2.75, 3.05) is 18.5 Å². The van der Waals surface area contributed by atoms with E-state index in [0.717, 1.165) is 19.4 Å². The van der Waals surface area contributed by atoms with Gasteiger partial charge in [-0.25, -0.2) is 0 Å². The van der Waals surface area contributed by atoms with Crippen molar-refractivity contribution in [3.8, 4) is 0 Å². The van der Waals surface area contributed by atoms with Gasteiger partial charge in [-0.2, -0.15) is 0 Å². The normalized spacial score (nSPS) is 19.2. The first-order valence-electron chi connectivity index (χ1n) is 7.21. The monoisotopic (exact) mass is 291 g/mol. The first-order chi connectivity index (χ1) is 10.1. The Labute approximate surface area is 124 Å². The zero-order valence-corrected chi connectivity index (χ0v) is 12.4. The third-order valence-electron chi connectivity index (χ3n) is 3.48. The van der Waals surface area contributed by atoms with Crippen LogP contribution < -0.4 is 5.32 Å². The van der Waals surface area contributed by atoms with Gasteiger partial charge in [0.05, 0.1) is 12.7 Å². The summed E-state index contributed by atoms with van der Waals surface area (Å²) >= 11 is 0. The highest BCUT2D eigenvalue weighted by Crippen LogP contribution is 2.14. The number of amides is 1. The van der Waals surface area contributed by atoms with Crippen molar-refractivity contribution in [3.63, 3.8) is 0 Å². The topological polar surface area (TPSA) is 64.6 Å². The minimum Gasteiger partial charge on any atom is -0.376 e. The van der Waals surface area contributed by atoms with E-state index in [2.05, 4.69) is 5.32 Å². The second kappa shape index (κ2) is 7.33. The SMILES string of the molecule is CC(=O)c1ccc(NC(=O)C(C)OCC2CCCO2)cc1. The Kier molecular flexibility index (Phi) is 5.47. The van der Waals surface area contributed by atoms with Gasteiger partial charge >= 0.3 is 0 Å². The zero-order valence-electron chi connectivity index (χ0n) is 12.4. The lowest BCUT2D eigenvalue weighted by molar-refractivity contribution is -0.128. The number of hydrogen-bond acceptors (Lipinski definition) is 4. The first-order valence-corrected chi connectivity index (χ1v) is 7.21. The number of nitrogens with one attached hydrogen (secondary N) is 1. The van der Waals surface area contributed by atoms with Gasteiger partial charge in [0.15, 0.2) is 5.78 Å². The summed E-state index contributed by atoms with van der Waals surface area (Å²) in [6.07, 6.45) is 1.61. The van der Waals surface area contributed by atoms with E-state index in [0.29, 0.717) is 17.9 Å². The van der Waals surface area contributed by atoms with Crippen LogP contribution >= 0.6 is 0 Å². The predicted molar refractivity (Wildman–Crippen MR) is 79.5 cm³/mol. The molecule has 1 aliphatic rings. The molecule has 2 atom stereocenters. The Hall–Kier alpha value is -1.72. The van der Waals surface area contributed by atoms with Gasteiger partial charge in [-0.15, -0.1) is 0 Å². The van der Waals surface area contributed by atoms with Crippen molar-refractivity contribution in [1.29, 1.82) is 0 Å². The minimum absolute atomic E-state index is 0.00106. The molecule has 0 saturated carbocycles. The number of anilines is 1. The van der Waals surface area contributed by atoms with Crippen LogP contribution in [0.3, 0.4) is 0 Å². The number of ketones is 1. The van der Waals surface area contributed by atoms with E-state index in [9.17, 15) is 9.59 Å². The van der Waals surface area contributed by atoms with Crippen LogP contribution in [0.1, 0.15) is 37.0 Å². The van der Waals surface area contributed by atoms with Crippen LogP contribution in [0.2, 0.25) is 0 Å². The predicted octanol–water partition coefficient (Wildman–Crippen LogP) is 2.41. The average Bonchev–Trinajstić information content (AvgIpc) is 2.98. The van der Waals surface area contributed by atoms with Crippen LogP contribution in [0.15, 0.2) is 24.3 Å². The lowest BCUT2D eigenvalue weighted by Gasteiger charge is -2.16. The molecule has 1 fully saturated rings. The maximum Gasteiger partial charge on any atom is 0.253 e. The number of Topliss-reactive ketones (excluding diaryl/α,β-unsaturated/α-hetero) is 1. The van der Waals surface area contributed by atoms with Crippen LogP contribution in [0.25, 0.3) is 0 Å². The molecule has 2 unspecified atom stereocenters. The molecular formula is C16H21NO4. The van der Waals surface area contributed by atoms with E-state index in [1.54, 1.807) is 31.2 Å². The Morgan fingerprint density at radius 2 is 2.10 bits per heavy atom. The molecule has 1 aromatic carbocycles. The number of ether oxygens (including phenoxy) is 2. The summed E-state index contributed by atoms with van der Waals surface area (Å²) in [4.78, 5) is 23.2. The smallest absolute Gasteiger partial charge is 0.253 e. The van der Waals surface area contributed by atoms with Crippen molar-refractivity contribution >= 4 is 17.4 Å². The molecule has 5 nitrogen and oxygen atoms in total. The Bertz CT molecular complexity index is 492. The molecule has 1 saturated heterocycles. The highest BCUT2D eigenvalue weighted by Gasteiger charge is 2.19. The van der Waals surface area contributed by atoms with Crippen molar-refractivity contribution < 1.29 is 19.1 Å². The van der Waals surface area contributed by atoms with E-state index >= 15 is 0 Å². The summed E-state index contributed by atoms with van der Waals surface area (Å²) < 4.78 is 11.0. The highest BCUT2D eigenvalue weighted by molar-refractivity contribution is 5.96. The summed E-state index contributed by atoms with van der Waals surface area (Å²) in [7, 11) is 0. The first kappa shape index (κ1) is 15.7. The standard InChI is InChI=1S/C16H21NO4/c1-11(18)13-5-7-14(8-6-13)17-16(19)12(2)21-10-15-4-3-9-20-15/h5-8,12,15H,3-4,9-10H2,1-2H3,(H,17,19). The van der Waals surface area contributed by atoms with Gasteiger partial charge < -0.3 is 14.8 Å². The number of hydrogen-bond donors (Lipinski definition) is 1. The molecule has 114 valence electrons. The number of carbonyl (C=O) groups is 2. The lowest BCUT2D eigenvalue weighted by Crippen LogP contribution is -2.30. The van der Waals surface area contributed by atoms with E-state index in [-0.39, 0.29) is 17.8 Å². The van der Waals surface area contributed by atoms with E-state index in [1.807, 2.05) is 0 Å². The maximum absolute atomic E-state index is 12.0. The molecule has 2 rings (SSSR count). The summed E-state index contributed by atoms with van der Waals surface area (Å²) in [5, 5.41) is 2.77. The largest absolute Gasteiger partial charge is 0.376 e. The third kappa shape index (κ3) is 4.65. The second-order valence-corrected chi connectivity index (χ2v) is 5.23. The molecule has 0 aliphatic carbocycles. The summed E-state index contributed by atoms with van der Waals surface area (Å²) in [5.41, 5.74) is 1.27. The Morgan fingerprint density at radius 3 is 2.67 bits per heavy atom. The van der Waals surface area contributed by atoms with E-state index in [1.165, 1.54) is 6.92 Å². The quantitative estimate of drug-likeness (QED) is 0.817. The number of rotatable bonds is 6. The molecule has 0 radical (unpaired) electrons. The van der Waals surface area contributed by atoms with Crippen LogP contribution in [0.5, 0.6) is 0 Å². The Balaban J connectivity index is 1.80. The van der Waals surface area contributed by atoms with E-state index in [4.69, 9.17) is 9.47 Å². The van der Waals surface area contributed by atoms with E-state index < -0.39 is 6.10 Å². The van der Waals surface area contributed by atoms with Gasteiger partial charge in [-0.1, -0.05) is 0 Å². The molecule has 21 heavy (non-hydrogen) atoms. The molecule has 0 aromatic heterocycles. The average molecular weight is 291 g/mol. The molecular weight excluding hydrogens is 270 g/mol. The summed E-state index contributed by atoms with van der Waals surface area (Å²) in [6, 6.07) is 6.80. The van der Waals surface area contributed by atoms with Gasteiger partial charge in [0, 0.05) is 17.9 Å². The zero-order chi connectivity index (χ0) is 15.2. The second-order valence-electron chi connectivity index (χ2n) is 5.23. The lowest BCUT2D eigenvalue weighted by atomic mass is 10.1. The maximum atomic E-state index is 12.0. The molecule has 1 aliphatic heterocycles. The molecule has 1 amide bonds. The van der Waals surface area contributed by atoms with Gasteiger partial charge in [0.2, 0.25) is 0 Å². The van der Waals surface area contributed by atoms with Crippen LogP contribution in [0, 0.1) is 0 Å². The number of benzene rings is 1. The minimum atomic E-state index is -0.540. The number of carbonyl (C=O) groups excluding carboxylic acids is 2. The van der Waals surface area contributed by atoms with Crippen molar-refractivity contribution in [2.24, 2.45) is 0 Å². The van der Waals surface area contributed by atoms with Gasteiger partial charge in [-0.05, 0) is 51.0 Å². The van der Waals surface area contributed by atoms with Crippen molar-refractivity contribution in [2.45, 2.75) is 38.9 Å². The molecule has 1 heterocycles. The summed E-state index contributed by atoms with van der Waals surface area (Å²) in [6.45, 7) is 4.44. The molecule has 5 heteroatoms. The molecule has 1 N–H and O–H groups in total. The van der Waals surface area contributed by atoms with Crippen molar-refractivity contribution in [3.05, 3.63) is 29.8 Å². The fraction of sp³-hybridized carbons (Fsp3) is 0.500. The molecule has 1 aromatic rings. The fourth-order valence-electron chi connectivity index (χ4n) is 2.14. The van der Waals surface area contributed by atoms with Crippen LogP contribution in [-0.2, 0) is 14.3 Å². The highest BCUT2D eigenvalue weighted by atomic mass is 16.5. The van der Waals surface area contributed by atoms with Crippen LogP contribution in [-0.4, -0.2) is 37.1 Å². The molecule has 0 spiro atoms. The van der Waals surface area contributed by atoms with Gasteiger partial charge in [0.1, 0.15) is 6.10 Å². The van der Waals surface area contributed by atoms with Gasteiger partial charge in [0.25, 0.3) is 5.91 Å². The molecule has 0 bridgehead atoms. The van der Waals surface area contributed by atoms with Crippen molar-refractivity contribution in [1.82, 2.24) is 0 Å². The van der Waals surface area contributed by atoms with Crippen LogP contribution in [0.4, 0.5) is 5.69 Å². The summed E-state index contributed by atoms with van der Waals surface area (Å²) in [5.74, 6) is -0.204. The third-order valence-corrected chi connectivity index (χ3v) is 3.48. The Morgan fingerprint density at radius 1 is 1.38 bits per heavy atom. The van der Waals surface area contributed by atoms with Gasteiger partial charge in [-0.3, -0.25) is 9.59 Å².